The summed E-state index contributed by atoms with van der Waals surface area (Å²) in [5.41, 5.74) is 9.72. The Labute approximate surface area is 103 Å². The van der Waals surface area contributed by atoms with Gasteiger partial charge in [-0.05, 0) is 17.7 Å². The molecule has 86 valence electrons. The molecule has 0 aromatic heterocycles. The van der Waals surface area contributed by atoms with Crippen LogP contribution in [0, 0.1) is 0 Å². The first-order chi connectivity index (χ1) is 7.70. The molecule has 1 saturated heterocycles. The monoisotopic (exact) mass is 283 g/mol. The Morgan fingerprint density at radius 3 is 3.06 bits per heavy atom. The van der Waals surface area contributed by atoms with Crippen molar-refractivity contribution in [2.75, 3.05) is 13.1 Å². The highest BCUT2D eigenvalue weighted by atomic mass is 79.9. The van der Waals surface area contributed by atoms with Crippen molar-refractivity contribution in [1.82, 2.24) is 10.4 Å². The van der Waals surface area contributed by atoms with Gasteiger partial charge in [-0.1, -0.05) is 28.1 Å². The number of nitrogens with two attached hydrogens (primary N) is 1. The van der Waals surface area contributed by atoms with Crippen LogP contribution < -0.4 is 11.2 Å². The van der Waals surface area contributed by atoms with Crippen molar-refractivity contribution in [3.63, 3.8) is 0 Å². The molecule has 0 radical (unpaired) electrons. The van der Waals surface area contributed by atoms with Crippen LogP contribution in [0.25, 0.3) is 0 Å². The molecule has 3 N–H and O–H groups in total. The van der Waals surface area contributed by atoms with Gasteiger partial charge in [0.25, 0.3) is 0 Å². The van der Waals surface area contributed by atoms with Gasteiger partial charge in [0.05, 0.1) is 6.04 Å². The van der Waals surface area contributed by atoms with Gasteiger partial charge in [0, 0.05) is 24.0 Å². The number of hydrogen-bond donors (Lipinski definition) is 2. The SMILES string of the molecule is NCCN1NC(c2cccc(Br)c2)CC1=O. The first kappa shape index (κ1) is 11.6. The van der Waals surface area contributed by atoms with Crippen LogP contribution in [0.2, 0.25) is 0 Å². The summed E-state index contributed by atoms with van der Waals surface area (Å²) in [6, 6.07) is 8.05. The molecule has 1 amide bonds. The molecule has 0 aliphatic carbocycles. The number of hydrogen-bond acceptors (Lipinski definition) is 3. The van der Waals surface area contributed by atoms with Crippen LogP contribution in [-0.2, 0) is 4.79 Å². The Hall–Kier alpha value is -0.910. The van der Waals surface area contributed by atoms with Crippen LogP contribution in [-0.4, -0.2) is 24.0 Å². The van der Waals surface area contributed by atoms with Gasteiger partial charge in [-0.15, -0.1) is 0 Å². The number of hydrazine groups is 1. The average Bonchev–Trinajstić information content (AvgIpc) is 2.61. The molecule has 0 bridgehead atoms. The van der Waals surface area contributed by atoms with E-state index >= 15 is 0 Å². The third-order valence-corrected chi connectivity index (χ3v) is 3.09. The van der Waals surface area contributed by atoms with Crippen LogP contribution in [0.3, 0.4) is 0 Å². The highest BCUT2D eigenvalue weighted by molar-refractivity contribution is 9.10. The van der Waals surface area contributed by atoms with Crippen molar-refractivity contribution in [2.45, 2.75) is 12.5 Å². The molecule has 2 rings (SSSR count). The molecule has 5 heteroatoms. The second-order valence-electron chi connectivity index (χ2n) is 3.77. The molecule has 1 atom stereocenters. The van der Waals surface area contributed by atoms with Gasteiger partial charge in [0.2, 0.25) is 5.91 Å². The van der Waals surface area contributed by atoms with Crippen molar-refractivity contribution >= 4 is 21.8 Å². The number of rotatable bonds is 3. The fraction of sp³-hybridized carbons (Fsp3) is 0.364. The molecule has 16 heavy (non-hydrogen) atoms. The van der Waals surface area contributed by atoms with E-state index in [0.717, 1.165) is 10.0 Å². The van der Waals surface area contributed by atoms with Gasteiger partial charge >= 0.3 is 0 Å². The highest BCUT2D eigenvalue weighted by Crippen LogP contribution is 2.25. The maximum atomic E-state index is 11.6. The predicted octanol–water partition coefficient (Wildman–Crippen LogP) is 1.19. The number of carbonyl (C=O) groups is 1. The molecule has 1 unspecified atom stereocenters. The maximum absolute atomic E-state index is 11.6. The number of benzene rings is 1. The largest absolute Gasteiger partial charge is 0.329 e. The standard InChI is InChI=1S/C11H14BrN3O/c12-9-3-1-2-8(6-9)10-7-11(16)15(14-10)5-4-13/h1-3,6,10,14H,4-5,7,13H2. The minimum Gasteiger partial charge on any atom is -0.329 e. The summed E-state index contributed by atoms with van der Waals surface area (Å²) < 4.78 is 1.02. The predicted molar refractivity (Wildman–Crippen MR) is 65.4 cm³/mol. The molecule has 1 aliphatic heterocycles. The van der Waals surface area contributed by atoms with E-state index in [2.05, 4.69) is 21.4 Å². The molecular weight excluding hydrogens is 270 g/mol. The molecule has 1 aromatic rings. The molecule has 1 fully saturated rings. The zero-order valence-corrected chi connectivity index (χ0v) is 10.4. The van der Waals surface area contributed by atoms with E-state index in [1.54, 1.807) is 5.01 Å². The van der Waals surface area contributed by atoms with Crippen molar-refractivity contribution in [3.05, 3.63) is 34.3 Å². The van der Waals surface area contributed by atoms with E-state index < -0.39 is 0 Å². The van der Waals surface area contributed by atoms with Crippen molar-refractivity contribution in [1.29, 1.82) is 0 Å². The van der Waals surface area contributed by atoms with E-state index in [4.69, 9.17) is 5.73 Å². The van der Waals surface area contributed by atoms with Gasteiger partial charge < -0.3 is 5.73 Å². The zero-order valence-electron chi connectivity index (χ0n) is 8.82. The first-order valence-corrected chi connectivity index (χ1v) is 6.02. The normalized spacial score (nSPS) is 20.5. The second kappa shape index (κ2) is 4.95. The summed E-state index contributed by atoms with van der Waals surface area (Å²) >= 11 is 3.42. The lowest BCUT2D eigenvalue weighted by atomic mass is 10.1. The molecule has 1 aromatic carbocycles. The Morgan fingerprint density at radius 2 is 2.38 bits per heavy atom. The second-order valence-corrected chi connectivity index (χ2v) is 4.69. The summed E-state index contributed by atoms with van der Waals surface area (Å²) in [6.45, 7) is 1.04. The first-order valence-electron chi connectivity index (χ1n) is 5.23. The van der Waals surface area contributed by atoms with Gasteiger partial charge in [-0.25, -0.2) is 5.43 Å². The maximum Gasteiger partial charge on any atom is 0.238 e. The highest BCUT2D eigenvalue weighted by Gasteiger charge is 2.29. The van der Waals surface area contributed by atoms with Crippen LogP contribution >= 0.6 is 15.9 Å². The molecule has 1 heterocycles. The summed E-state index contributed by atoms with van der Waals surface area (Å²) in [5, 5.41) is 1.60. The van der Waals surface area contributed by atoms with E-state index in [1.807, 2.05) is 24.3 Å². The third kappa shape index (κ3) is 2.42. The van der Waals surface area contributed by atoms with Gasteiger partial charge in [0.1, 0.15) is 0 Å². The van der Waals surface area contributed by atoms with E-state index in [0.29, 0.717) is 19.5 Å². The van der Waals surface area contributed by atoms with E-state index in [1.165, 1.54) is 0 Å². The minimum absolute atomic E-state index is 0.0662. The van der Waals surface area contributed by atoms with Crippen molar-refractivity contribution in [2.24, 2.45) is 5.73 Å². The summed E-state index contributed by atoms with van der Waals surface area (Å²) in [7, 11) is 0. The Morgan fingerprint density at radius 1 is 1.56 bits per heavy atom. The lowest BCUT2D eigenvalue weighted by Crippen LogP contribution is -2.38. The quantitative estimate of drug-likeness (QED) is 0.876. The minimum atomic E-state index is 0.0662. The van der Waals surface area contributed by atoms with Gasteiger partial charge in [0.15, 0.2) is 0 Å². The molecule has 0 spiro atoms. The zero-order chi connectivity index (χ0) is 11.5. The smallest absolute Gasteiger partial charge is 0.238 e. The third-order valence-electron chi connectivity index (χ3n) is 2.60. The van der Waals surface area contributed by atoms with E-state index in [9.17, 15) is 4.79 Å². The van der Waals surface area contributed by atoms with Gasteiger partial charge in [-0.2, -0.15) is 0 Å². The van der Waals surface area contributed by atoms with Gasteiger partial charge in [-0.3, -0.25) is 9.80 Å². The average molecular weight is 284 g/mol. The van der Waals surface area contributed by atoms with Crippen LogP contribution in [0.4, 0.5) is 0 Å². The Balaban J connectivity index is 2.10. The molecular formula is C11H14BrN3O. The van der Waals surface area contributed by atoms with Crippen LogP contribution in [0.1, 0.15) is 18.0 Å². The molecule has 1 aliphatic rings. The topological polar surface area (TPSA) is 58.4 Å². The molecule has 0 saturated carbocycles. The van der Waals surface area contributed by atoms with Crippen LogP contribution in [0.15, 0.2) is 28.7 Å². The number of nitrogens with one attached hydrogen (secondary N) is 1. The Kier molecular flexibility index (Phi) is 3.58. The molecule has 4 nitrogen and oxygen atoms in total. The van der Waals surface area contributed by atoms with Crippen molar-refractivity contribution < 1.29 is 4.79 Å². The summed E-state index contributed by atoms with van der Waals surface area (Å²) in [4.78, 5) is 11.6. The van der Waals surface area contributed by atoms with Crippen molar-refractivity contribution in [3.8, 4) is 0 Å². The number of nitrogens with zero attached hydrogens (tertiary/aromatic N) is 1. The lowest BCUT2D eigenvalue weighted by Gasteiger charge is -2.17. The van der Waals surface area contributed by atoms with Crippen LogP contribution in [0.5, 0.6) is 0 Å². The fourth-order valence-corrected chi connectivity index (χ4v) is 2.24. The lowest BCUT2D eigenvalue weighted by molar-refractivity contribution is -0.129. The number of carbonyl (C=O) groups excluding carboxylic acids is 1. The van der Waals surface area contributed by atoms with E-state index in [-0.39, 0.29) is 11.9 Å². The number of halogens is 1. The Bertz CT molecular complexity index is 397. The number of amides is 1. The fourth-order valence-electron chi connectivity index (χ4n) is 1.82. The summed E-state index contributed by atoms with van der Waals surface area (Å²) in [5.74, 6) is 0.107. The summed E-state index contributed by atoms with van der Waals surface area (Å²) in [6.07, 6.45) is 0.496.